The molecule has 0 aliphatic rings. The first-order valence-corrected chi connectivity index (χ1v) is 6.80. The Morgan fingerprint density at radius 3 is 2.47 bits per heavy atom. The van der Waals surface area contributed by atoms with Gasteiger partial charge in [-0.3, -0.25) is 4.79 Å². The van der Waals surface area contributed by atoms with Gasteiger partial charge in [-0.25, -0.2) is 0 Å². The van der Waals surface area contributed by atoms with Crippen LogP contribution in [0.5, 0.6) is 0 Å². The number of hydrogen-bond donors (Lipinski definition) is 2. The maximum Gasteiger partial charge on any atom is 0.221 e. The van der Waals surface area contributed by atoms with Crippen LogP contribution in [-0.4, -0.2) is 18.0 Å². The highest BCUT2D eigenvalue weighted by Gasteiger charge is 2.15. The first kappa shape index (κ1) is 15.8. The van der Waals surface area contributed by atoms with Gasteiger partial charge in [0.1, 0.15) is 11.5 Å². The summed E-state index contributed by atoms with van der Waals surface area (Å²) in [6, 6.07) is 2.24. The molecule has 1 atom stereocenters. The monoisotopic (exact) mass is 266 g/mol. The van der Waals surface area contributed by atoms with Crippen molar-refractivity contribution < 1.29 is 9.21 Å². The third-order valence-electron chi connectivity index (χ3n) is 2.86. The molecule has 1 aromatic heterocycles. The smallest absolute Gasteiger partial charge is 0.221 e. The Morgan fingerprint density at radius 2 is 2.00 bits per heavy atom. The van der Waals surface area contributed by atoms with Crippen LogP contribution in [0.1, 0.15) is 57.2 Å². The summed E-state index contributed by atoms with van der Waals surface area (Å²) in [5.41, 5.74) is 0.995. The first-order valence-electron chi connectivity index (χ1n) is 6.80. The minimum atomic E-state index is -0.166. The quantitative estimate of drug-likeness (QED) is 0.861. The Kier molecular flexibility index (Phi) is 5.18. The number of furan rings is 1. The largest absolute Gasteiger partial charge is 0.466 e. The predicted molar refractivity (Wildman–Crippen MR) is 77.1 cm³/mol. The third kappa shape index (κ3) is 5.47. The van der Waals surface area contributed by atoms with E-state index in [4.69, 9.17) is 4.42 Å². The van der Waals surface area contributed by atoms with Crippen molar-refractivity contribution in [3.05, 3.63) is 23.2 Å². The lowest BCUT2D eigenvalue weighted by Crippen LogP contribution is -2.41. The van der Waals surface area contributed by atoms with Gasteiger partial charge in [0, 0.05) is 30.1 Å². The number of nitrogens with one attached hydrogen (secondary N) is 2. The number of carbonyl (C=O) groups excluding carboxylic acids is 1. The average Bonchev–Trinajstić information content (AvgIpc) is 2.55. The van der Waals surface area contributed by atoms with Crippen LogP contribution >= 0.6 is 0 Å². The van der Waals surface area contributed by atoms with Crippen LogP contribution in [0.3, 0.4) is 0 Å². The van der Waals surface area contributed by atoms with Crippen LogP contribution in [0.15, 0.2) is 10.5 Å². The molecule has 1 aromatic rings. The maximum atomic E-state index is 11.7. The van der Waals surface area contributed by atoms with E-state index >= 15 is 0 Å². The van der Waals surface area contributed by atoms with Gasteiger partial charge in [-0.1, -0.05) is 0 Å². The third-order valence-corrected chi connectivity index (χ3v) is 2.86. The van der Waals surface area contributed by atoms with E-state index in [-0.39, 0.29) is 17.5 Å². The zero-order valence-corrected chi connectivity index (χ0v) is 12.9. The molecule has 19 heavy (non-hydrogen) atoms. The Balaban J connectivity index is 2.37. The molecule has 0 aliphatic carbocycles. The molecule has 0 saturated carbocycles. The van der Waals surface area contributed by atoms with Crippen molar-refractivity contribution in [1.82, 2.24) is 10.6 Å². The SMILES string of the molecule is Cc1cc(C(C)NCCC(=O)NC(C)(C)C)c(C)o1. The molecule has 0 saturated heterocycles. The van der Waals surface area contributed by atoms with Gasteiger partial charge in [0.15, 0.2) is 0 Å². The zero-order chi connectivity index (χ0) is 14.6. The molecule has 4 nitrogen and oxygen atoms in total. The van der Waals surface area contributed by atoms with E-state index in [1.807, 2.05) is 40.7 Å². The fourth-order valence-electron chi connectivity index (χ4n) is 2.07. The Morgan fingerprint density at radius 1 is 1.37 bits per heavy atom. The van der Waals surface area contributed by atoms with Gasteiger partial charge in [-0.15, -0.1) is 0 Å². The van der Waals surface area contributed by atoms with Crippen molar-refractivity contribution in [2.24, 2.45) is 0 Å². The molecule has 1 unspecified atom stereocenters. The topological polar surface area (TPSA) is 54.3 Å². The summed E-state index contributed by atoms with van der Waals surface area (Å²) in [5, 5.41) is 6.30. The molecule has 0 fully saturated rings. The van der Waals surface area contributed by atoms with E-state index in [0.717, 1.165) is 17.1 Å². The van der Waals surface area contributed by atoms with Gasteiger partial charge < -0.3 is 15.1 Å². The lowest BCUT2D eigenvalue weighted by atomic mass is 10.1. The van der Waals surface area contributed by atoms with E-state index in [1.165, 1.54) is 0 Å². The van der Waals surface area contributed by atoms with E-state index in [2.05, 4.69) is 17.6 Å². The van der Waals surface area contributed by atoms with Crippen LogP contribution in [0.2, 0.25) is 0 Å². The molecule has 2 N–H and O–H groups in total. The fraction of sp³-hybridized carbons (Fsp3) is 0.667. The van der Waals surface area contributed by atoms with Crippen LogP contribution in [0, 0.1) is 13.8 Å². The minimum Gasteiger partial charge on any atom is -0.466 e. The molecule has 1 rings (SSSR count). The van der Waals surface area contributed by atoms with Gasteiger partial charge in [0.2, 0.25) is 5.91 Å². The predicted octanol–water partition coefficient (Wildman–Crippen LogP) is 2.85. The minimum absolute atomic E-state index is 0.0762. The molecule has 0 spiro atoms. The normalized spacial score (nSPS) is 13.4. The van der Waals surface area contributed by atoms with E-state index < -0.39 is 0 Å². The van der Waals surface area contributed by atoms with Crippen LogP contribution in [-0.2, 0) is 4.79 Å². The van der Waals surface area contributed by atoms with Crippen LogP contribution in [0.25, 0.3) is 0 Å². The standard InChI is InChI=1S/C15H26N2O2/c1-10-9-13(12(3)19-10)11(2)16-8-7-14(18)17-15(4,5)6/h9,11,16H,7-8H2,1-6H3,(H,17,18). The second kappa shape index (κ2) is 6.24. The molecule has 1 heterocycles. The number of rotatable bonds is 5. The molecule has 108 valence electrons. The van der Waals surface area contributed by atoms with Crippen LogP contribution < -0.4 is 10.6 Å². The molecule has 0 radical (unpaired) electrons. The summed E-state index contributed by atoms with van der Waals surface area (Å²) in [4.78, 5) is 11.7. The van der Waals surface area contributed by atoms with Gasteiger partial charge in [0.25, 0.3) is 0 Å². The second-order valence-electron chi connectivity index (χ2n) is 6.09. The first-order chi connectivity index (χ1) is 8.69. The number of hydrogen-bond acceptors (Lipinski definition) is 3. The Bertz CT molecular complexity index is 430. The molecular formula is C15H26N2O2. The van der Waals surface area contributed by atoms with Gasteiger partial charge in [0.05, 0.1) is 0 Å². The molecule has 1 amide bonds. The number of amides is 1. The van der Waals surface area contributed by atoms with Gasteiger partial charge in [-0.05, 0) is 47.6 Å². The summed E-state index contributed by atoms with van der Waals surface area (Å²) in [6.07, 6.45) is 0.484. The fourth-order valence-corrected chi connectivity index (χ4v) is 2.07. The van der Waals surface area contributed by atoms with Crippen molar-refractivity contribution in [3.8, 4) is 0 Å². The average molecular weight is 266 g/mol. The highest BCUT2D eigenvalue weighted by molar-refractivity contribution is 5.76. The molecule has 0 aromatic carbocycles. The number of carbonyl (C=O) groups is 1. The highest BCUT2D eigenvalue weighted by Crippen LogP contribution is 2.20. The van der Waals surface area contributed by atoms with Crippen LogP contribution in [0.4, 0.5) is 0 Å². The maximum absolute atomic E-state index is 11.7. The van der Waals surface area contributed by atoms with E-state index in [0.29, 0.717) is 13.0 Å². The van der Waals surface area contributed by atoms with Crippen molar-refractivity contribution in [3.63, 3.8) is 0 Å². The number of aryl methyl sites for hydroxylation is 2. The molecular weight excluding hydrogens is 240 g/mol. The van der Waals surface area contributed by atoms with Crippen molar-refractivity contribution in [2.45, 2.75) is 59.5 Å². The van der Waals surface area contributed by atoms with Crippen molar-refractivity contribution in [2.75, 3.05) is 6.54 Å². The molecule has 4 heteroatoms. The highest BCUT2D eigenvalue weighted by atomic mass is 16.3. The Hall–Kier alpha value is -1.29. The summed E-state index contributed by atoms with van der Waals surface area (Å²) >= 11 is 0. The summed E-state index contributed by atoms with van der Waals surface area (Å²) in [7, 11) is 0. The lowest BCUT2D eigenvalue weighted by molar-refractivity contribution is -0.122. The summed E-state index contributed by atoms with van der Waals surface area (Å²) in [6.45, 7) is 12.6. The summed E-state index contributed by atoms with van der Waals surface area (Å²) < 4.78 is 5.51. The van der Waals surface area contributed by atoms with Gasteiger partial charge in [-0.2, -0.15) is 0 Å². The van der Waals surface area contributed by atoms with E-state index in [9.17, 15) is 4.79 Å². The molecule has 0 aliphatic heterocycles. The molecule has 0 bridgehead atoms. The van der Waals surface area contributed by atoms with Crippen molar-refractivity contribution in [1.29, 1.82) is 0 Å². The Labute approximate surface area is 116 Å². The summed E-state index contributed by atoms with van der Waals surface area (Å²) in [5.74, 6) is 1.94. The van der Waals surface area contributed by atoms with Crippen molar-refractivity contribution >= 4 is 5.91 Å². The second-order valence-corrected chi connectivity index (χ2v) is 6.09. The zero-order valence-electron chi connectivity index (χ0n) is 12.9. The lowest BCUT2D eigenvalue weighted by Gasteiger charge is -2.21. The van der Waals surface area contributed by atoms with E-state index in [1.54, 1.807) is 0 Å². The van der Waals surface area contributed by atoms with Gasteiger partial charge >= 0.3 is 0 Å².